The number of carbonyl (C=O) groups is 1. The second-order valence-corrected chi connectivity index (χ2v) is 5.50. The highest BCUT2D eigenvalue weighted by atomic mass is 35.5. The Morgan fingerprint density at radius 2 is 2.20 bits per heavy atom. The molecule has 112 valence electrons. The molecule has 1 saturated heterocycles. The van der Waals surface area contributed by atoms with Crippen LogP contribution in [-0.4, -0.2) is 24.1 Å². The monoisotopic (exact) mass is 298 g/mol. The first kappa shape index (κ1) is 17.0. The van der Waals surface area contributed by atoms with Crippen LogP contribution in [0.1, 0.15) is 30.9 Å². The van der Waals surface area contributed by atoms with Crippen molar-refractivity contribution in [3.05, 3.63) is 35.4 Å². The summed E-state index contributed by atoms with van der Waals surface area (Å²) < 4.78 is 0. The summed E-state index contributed by atoms with van der Waals surface area (Å²) in [5.41, 5.74) is 1.59. The Kier molecular flexibility index (Phi) is 6.46. The lowest BCUT2D eigenvalue weighted by Crippen LogP contribution is -2.48. The van der Waals surface area contributed by atoms with E-state index in [0.717, 1.165) is 37.1 Å². The molecule has 0 bridgehead atoms. The van der Waals surface area contributed by atoms with E-state index >= 15 is 0 Å². The fourth-order valence-electron chi connectivity index (χ4n) is 2.48. The van der Waals surface area contributed by atoms with Gasteiger partial charge in [-0.3, -0.25) is 4.79 Å². The average molecular weight is 299 g/mol. The van der Waals surface area contributed by atoms with Crippen molar-refractivity contribution in [2.75, 3.05) is 13.1 Å². The van der Waals surface area contributed by atoms with Gasteiger partial charge in [0.1, 0.15) is 0 Å². The maximum Gasteiger partial charge on any atom is 0.227 e. The number of piperidine rings is 1. The van der Waals surface area contributed by atoms with Crippen LogP contribution >= 0.6 is 12.4 Å². The minimum absolute atomic E-state index is 0. The van der Waals surface area contributed by atoms with Crippen LogP contribution in [0.15, 0.2) is 24.3 Å². The Labute approximate surface area is 126 Å². The average Bonchev–Trinajstić information content (AvgIpc) is 2.45. The molecule has 1 amide bonds. The normalized spacial score (nSPS) is 21.9. The molecule has 0 radical (unpaired) electrons. The number of carbonyl (C=O) groups excluding carboxylic acids is 1. The highest BCUT2D eigenvalue weighted by Crippen LogP contribution is 2.25. The van der Waals surface area contributed by atoms with Crippen molar-refractivity contribution in [3.8, 4) is 0 Å². The molecular weight excluding hydrogens is 276 g/mol. The van der Waals surface area contributed by atoms with Gasteiger partial charge in [0.25, 0.3) is 0 Å². The van der Waals surface area contributed by atoms with Gasteiger partial charge in [-0.2, -0.15) is 0 Å². The summed E-state index contributed by atoms with van der Waals surface area (Å²) in [6.45, 7) is 4.31. The fourth-order valence-corrected chi connectivity index (χ4v) is 2.48. The van der Waals surface area contributed by atoms with E-state index in [1.54, 1.807) is 0 Å². The van der Waals surface area contributed by atoms with E-state index in [1.165, 1.54) is 0 Å². The number of aliphatic hydroxyl groups is 1. The standard InChI is InChI=1S/C15H22N2O2.ClH/c1-15(6-3-7-16-11-15)14(19)17-9-12-4-2-5-13(8-12)10-18;/h2,4-5,8,16,18H,3,6-7,9-11H2,1H3,(H,17,19);1H. The van der Waals surface area contributed by atoms with Gasteiger partial charge in [-0.05, 0) is 37.4 Å². The number of aliphatic hydroxyl groups excluding tert-OH is 1. The van der Waals surface area contributed by atoms with Crippen LogP contribution in [0, 0.1) is 5.41 Å². The van der Waals surface area contributed by atoms with Crippen molar-refractivity contribution in [2.45, 2.75) is 32.9 Å². The minimum atomic E-state index is -0.299. The van der Waals surface area contributed by atoms with Crippen LogP contribution in [0.2, 0.25) is 0 Å². The Bertz CT molecular complexity index is 445. The summed E-state index contributed by atoms with van der Waals surface area (Å²) in [5, 5.41) is 15.4. The molecule has 3 N–H and O–H groups in total. The molecule has 1 heterocycles. The molecule has 1 aliphatic rings. The molecule has 20 heavy (non-hydrogen) atoms. The summed E-state index contributed by atoms with van der Waals surface area (Å²) in [6, 6.07) is 7.65. The van der Waals surface area contributed by atoms with Gasteiger partial charge in [0, 0.05) is 13.1 Å². The summed E-state index contributed by atoms with van der Waals surface area (Å²) >= 11 is 0. The SMILES string of the molecule is CC1(C(=O)NCc2cccc(CO)c2)CCCNC1.Cl. The van der Waals surface area contributed by atoms with Gasteiger partial charge >= 0.3 is 0 Å². The molecule has 0 aliphatic carbocycles. The van der Waals surface area contributed by atoms with Gasteiger partial charge in [0.15, 0.2) is 0 Å². The van der Waals surface area contributed by atoms with Gasteiger partial charge in [-0.15, -0.1) is 12.4 Å². The van der Waals surface area contributed by atoms with E-state index in [0.29, 0.717) is 6.54 Å². The largest absolute Gasteiger partial charge is 0.392 e. The summed E-state index contributed by atoms with van der Waals surface area (Å²) in [6.07, 6.45) is 1.98. The van der Waals surface area contributed by atoms with E-state index in [-0.39, 0.29) is 30.3 Å². The van der Waals surface area contributed by atoms with E-state index in [2.05, 4.69) is 10.6 Å². The Morgan fingerprint density at radius 1 is 1.45 bits per heavy atom. The molecule has 1 atom stereocenters. The van der Waals surface area contributed by atoms with Crippen LogP contribution in [-0.2, 0) is 17.9 Å². The highest BCUT2D eigenvalue weighted by Gasteiger charge is 2.34. The molecule has 0 saturated carbocycles. The first-order valence-electron chi connectivity index (χ1n) is 6.82. The van der Waals surface area contributed by atoms with Crippen molar-refractivity contribution in [3.63, 3.8) is 0 Å². The summed E-state index contributed by atoms with van der Waals surface area (Å²) in [5.74, 6) is 0.106. The maximum atomic E-state index is 12.2. The predicted octanol–water partition coefficient (Wildman–Crippen LogP) is 1.61. The second-order valence-electron chi connectivity index (χ2n) is 5.50. The number of hydrogen-bond acceptors (Lipinski definition) is 3. The van der Waals surface area contributed by atoms with Crippen LogP contribution < -0.4 is 10.6 Å². The zero-order valence-electron chi connectivity index (χ0n) is 11.8. The second kappa shape index (κ2) is 7.62. The smallest absolute Gasteiger partial charge is 0.227 e. The molecule has 1 unspecified atom stereocenters. The van der Waals surface area contributed by atoms with Gasteiger partial charge in [-0.1, -0.05) is 24.3 Å². The number of amides is 1. The highest BCUT2D eigenvalue weighted by molar-refractivity contribution is 5.85. The number of benzene rings is 1. The third kappa shape index (κ3) is 4.20. The topological polar surface area (TPSA) is 61.4 Å². The van der Waals surface area contributed by atoms with Crippen LogP contribution in [0.4, 0.5) is 0 Å². The van der Waals surface area contributed by atoms with E-state index in [1.807, 2.05) is 31.2 Å². The Morgan fingerprint density at radius 3 is 2.85 bits per heavy atom. The third-order valence-corrected chi connectivity index (χ3v) is 3.77. The number of hydrogen-bond donors (Lipinski definition) is 3. The zero-order chi connectivity index (χ0) is 13.7. The quantitative estimate of drug-likeness (QED) is 0.791. The number of rotatable bonds is 4. The van der Waals surface area contributed by atoms with Gasteiger partial charge in [0.2, 0.25) is 5.91 Å². The lowest BCUT2D eigenvalue weighted by Gasteiger charge is -2.32. The zero-order valence-corrected chi connectivity index (χ0v) is 12.6. The van der Waals surface area contributed by atoms with Crippen molar-refractivity contribution in [1.29, 1.82) is 0 Å². The van der Waals surface area contributed by atoms with Crippen molar-refractivity contribution in [1.82, 2.24) is 10.6 Å². The van der Waals surface area contributed by atoms with Gasteiger partial charge in [0.05, 0.1) is 12.0 Å². The van der Waals surface area contributed by atoms with Crippen LogP contribution in [0.5, 0.6) is 0 Å². The molecule has 1 fully saturated rings. The summed E-state index contributed by atoms with van der Waals surface area (Å²) in [7, 11) is 0. The molecule has 1 aromatic rings. The number of halogens is 1. The lowest BCUT2D eigenvalue weighted by atomic mass is 9.82. The van der Waals surface area contributed by atoms with Crippen LogP contribution in [0.3, 0.4) is 0 Å². The molecule has 0 aromatic heterocycles. The Balaban J connectivity index is 0.00000200. The maximum absolute atomic E-state index is 12.2. The van der Waals surface area contributed by atoms with Crippen LogP contribution in [0.25, 0.3) is 0 Å². The molecule has 1 aromatic carbocycles. The Hall–Kier alpha value is -1.10. The first-order valence-corrected chi connectivity index (χ1v) is 6.82. The molecule has 4 nitrogen and oxygen atoms in total. The van der Waals surface area contributed by atoms with E-state index in [9.17, 15) is 4.79 Å². The predicted molar refractivity (Wildman–Crippen MR) is 81.7 cm³/mol. The fraction of sp³-hybridized carbons (Fsp3) is 0.533. The number of nitrogens with one attached hydrogen (secondary N) is 2. The van der Waals surface area contributed by atoms with Crippen molar-refractivity contribution in [2.24, 2.45) is 5.41 Å². The molecule has 2 rings (SSSR count). The van der Waals surface area contributed by atoms with Gasteiger partial charge in [-0.25, -0.2) is 0 Å². The first-order chi connectivity index (χ1) is 9.14. The molecular formula is C15H23ClN2O2. The van der Waals surface area contributed by atoms with E-state index < -0.39 is 0 Å². The van der Waals surface area contributed by atoms with Gasteiger partial charge < -0.3 is 15.7 Å². The van der Waals surface area contributed by atoms with Crippen molar-refractivity contribution >= 4 is 18.3 Å². The molecule has 5 heteroatoms. The lowest BCUT2D eigenvalue weighted by molar-refractivity contribution is -0.131. The molecule has 0 spiro atoms. The minimum Gasteiger partial charge on any atom is -0.392 e. The molecule has 1 aliphatic heterocycles. The summed E-state index contributed by atoms with van der Waals surface area (Å²) in [4.78, 5) is 12.2. The third-order valence-electron chi connectivity index (χ3n) is 3.77. The van der Waals surface area contributed by atoms with Crippen molar-refractivity contribution < 1.29 is 9.90 Å². The van der Waals surface area contributed by atoms with E-state index in [4.69, 9.17) is 5.11 Å².